The van der Waals surface area contributed by atoms with Gasteiger partial charge in [0.2, 0.25) is 0 Å². The lowest BCUT2D eigenvalue weighted by atomic mass is 10.0. The molecule has 25 heavy (non-hydrogen) atoms. The van der Waals surface area contributed by atoms with Gasteiger partial charge in [-0.2, -0.15) is 0 Å². The number of carbonyl (C=O) groups is 1. The van der Waals surface area contributed by atoms with E-state index in [1.807, 2.05) is 24.3 Å². The van der Waals surface area contributed by atoms with Gasteiger partial charge in [0.05, 0.1) is 0 Å². The van der Waals surface area contributed by atoms with Gasteiger partial charge >= 0.3 is 0 Å². The monoisotopic (exact) mass is 334 g/mol. The van der Waals surface area contributed by atoms with Crippen molar-refractivity contribution in [3.8, 4) is 0 Å². The molecule has 1 N–H and O–H groups in total. The first-order chi connectivity index (χ1) is 12.3. The summed E-state index contributed by atoms with van der Waals surface area (Å²) >= 11 is 0. The minimum absolute atomic E-state index is 0.143. The van der Waals surface area contributed by atoms with Crippen LogP contribution in [0.15, 0.2) is 59.0 Å². The van der Waals surface area contributed by atoms with E-state index in [2.05, 4.69) is 34.5 Å². The Hall–Kier alpha value is -2.75. The Morgan fingerprint density at radius 3 is 2.88 bits per heavy atom. The van der Waals surface area contributed by atoms with Crippen LogP contribution in [0.5, 0.6) is 0 Å². The number of para-hydroxylation sites is 2. The maximum absolute atomic E-state index is 12.2. The van der Waals surface area contributed by atoms with E-state index < -0.39 is 0 Å². The molecule has 3 aromatic rings. The van der Waals surface area contributed by atoms with Crippen molar-refractivity contribution in [2.45, 2.75) is 19.3 Å². The highest BCUT2D eigenvalue weighted by atomic mass is 16.3. The van der Waals surface area contributed by atoms with Crippen LogP contribution in [0.25, 0.3) is 11.0 Å². The average molecular weight is 334 g/mol. The van der Waals surface area contributed by atoms with Crippen molar-refractivity contribution in [2.75, 3.05) is 24.5 Å². The number of hydrogen-bond donors (Lipinski definition) is 1. The molecule has 2 heterocycles. The highest BCUT2D eigenvalue weighted by Crippen LogP contribution is 2.26. The number of furan rings is 1. The average Bonchev–Trinajstić information content (AvgIpc) is 3.09. The zero-order chi connectivity index (χ0) is 17.1. The number of aryl methyl sites for hydroxylation is 1. The van der Waals surface area contributed by atoms with E-state index in [4.69, 9.17) is 4.42 Å². The first-order valence-electron chi connectivity index (χ1n) is 8.91. The molecule has 0 atom stereocenters. The highest BCUT2D eigenvalue weighted by molar-refractivity contribution is 5.96. The third-order valence-electron chi connectivity index (χ3n) is 4.75. The van der Waals surface area contributed by atoms with E-state index in [-0.39, 0.29) is 5.91 Å². The molecule has 0 aliphatic carbocycles. The van der Waals surface area contributed by atoms with E-state index in [1.54, 1.807) is 6.07 Å². The molecule has 1 aliphatic rings. The van der Waals surface area contributed by atoms with Gasteiger partial charge in [-0.1, -0.05) is 36.4 Å². The number of carbonyl (C=O) groups excluding carboxylic acids is 1. The van der Waals surface area contributed by atoms with Crippen LogP contribution in [0, 0.1) is 0 Å². The normalized spacial score (nSPS) is 13.7. The summed E-state index contributed by atoms with van der Waals surface area (Å²) in [7, 11) is 0. The lowest BCUT2D eigenvalue weighted by Gasteiger charge is -2.31. The van der Waals surface area contributed by atoms with E-state index in [0.29, 0.717) is 12.3 Å². The molecule has 0 unspecified atom stereocenters. The van der Waals surface area contributed by atoms with Gasteiger partial charge in [0.25, 0.3) is 5.91 Å². The van der Waals surface area contributed by atoms with Gasteiger partial charge < -0.3 is 14.6 Å². The molecule has 4 rings (SSSR count). The maximum Gasteiger partial charge on any atom is 0.287 e. The van der Waals surface area contributed by atoms with Crippen molar-refractivity contribution in [1.29, 1.82) is 0 Å². The predicted molar refractivity (Wildman–Crippen MR) is 100 cm³/mol. The Balaban J connectivity index is 1.30. The third-order valence-corrected chi connectivity index (χ3v) is 4.75. The smallest absolute Gasteiger partial charge is 0.287 e. The SMILES string of the molecule is O=C(NCCCN1CCCc2ccccc21)c1cc2ccccc2o1. The van der Waals surface area contributed by atoms with Crippen LogP contribution < -0.4 is 10.2 Å². The van der Waals surface area contributed by atoms with Gasteiger partial charge in [-0.3, -0.25) is 4.79 Å². The molecule has 2 aromatic carbocycles. The van der Waals surface area contributed by atoms with Crippen LogP contribution in [0.4, 0.5) is 5.69 Å². The molecule has 128 valence electrons. The second-order valence-corrected chi connectivity index (χ2v) is 6.48. The van der Waals surface area contributed by atoms with Crippen LogP contribution in [0.1, 0.15) is 29.0 Å². The summed E-state index contributed by atoms with van der Waals surface area (Å²) in [6.45, 7) is 2.69. The summed E-state index contributed by atoms with van der Waals surface area (Å²) in [4.78, 5) is 14.7. The van der Waals surface area contributed by atoms with Crippen LogP contribution in [-0.4, -0.2) is 25.5 Å². The quantitative estimate of drug-likeness (QED) is 0.717. The minimum atomic E-state index is -0.143. The molecule has 0 fully saturated rings. The summed E-state index contributed by atoms with van der Waals surface area (Å²) in [5, 5.41) is 3.92. The molecule has 0 saturated heterocycles. The number of nitrogens with zero attached hydrogens (tertiary/aromatic N) is 1. The molecule has 0 saturated carbocycles. The number of rotatable bonds is 5. The molecular weight excluding hydrogens is 312 g/mol. The molecule has 0 spiro atoms. The molecule has 0 radical (unpaired) electrons. The fraction of sp³-hybridized carbons (Fsp3) is 0.286. The predicted octanol–water partition coefficient (Wildman–Crippen LogP) is 4.01. The third kappa shape index (κ3) is 3.38. The minimum Gasteiger partial charge on any atom is -0.451 e. The van der Waals surface area contributed by atoms with Crippen molar-refractivity contribution in [3.63, 3.8) is 0 Å². The van der Waals surface area contributed by atoms with Gasteiger partial charge in [-0.15, -0.1) is 0 Å². The fourth-order valence-corrected chi connectivity index (χ4v) is 3.50. The summed E-state index contributed by atoms with van der Waals surface area (Å²) < 4.78 is 5.60. The molecule has 1 amide bonds. The van der Waals surface area contributed by atoms with Crippen molar-refractivity contribution < 1.29 is 9.21 Å². The van der Waals surface area contributed by atoms with E-state index in [9.17, 15) is 4.79 Å². The number of fused-ring (bicyclic) bond motifs is 2. The number of nitrogens with one attached hydrogen (secondary N) is 1. The van der Waals surface area contributed by atoms with Crippen molar-refractivity contribution in [1.82, 2.24) is 5.32 Å². The zero-order valence-electron chi connectivity index (χ0n) is 14.2. The summed E-state index contributed by atoms with van der Waals surface area (Å²) in [6.07, 6.45) is 3.28. The zero-order valence-corrected chi connectivity index (χ0v) is 14.2. The van der Waals surface area contributed by atoms with E-state index >= 15 is 0 Å². The molecule has 1 aromatic heterocycles. The largest absolute Gasteiger partial charge is 0.451 e. The second kappa shape index (κ2) is 7.01. The summed E-state index contributed by atoms with van der Waals surface area (Å²) in [5.41, 5.74) is 3.52. The Morgan fingerprint density at radius 1 is 1.12 bits per heavy atom. The first kappa shape index (κ1) is 15.8. The lowest BCUT2D eigenvalue weighted by molar-refractivity contribution is 0.0928. The fourth-order valence-electron chi connectivity index (χ4n) is 3.50. The number of benzene rings is 2. The van der Waals surface area contributed by atoms with Crippen LogP contribution in [0.3, 0.4) is 0 Å². The second-order valence-electron chi connectivity index (χ2n) is 6.48. The number of hydrogen-bond acceptors (Lipinski definition) is 3. The summed E-state index contributed by atoms with van der Waals surface area (Å²) in [6, 6.07) is 18.1. The standard InChI is InChI=1S/C21H22N2O2/c24-21(20-15-17-8-2-4-11-19(17)25-20)22-12-6-14-23-13-5-9-16-7-1-3-10-18(16)23/h1-4,7-8,10-11,15H,5-6,9,12-14H2,(H,22,24). The first-order valence-corrected chi connectivity index (χ1v) is 8.91. The van der Waals surface area contributed by atoms with Crippen molar-refractivity contribution in [2.24, 2.45) is 0 Å². The number of amides is 1. The molecule has 4 nitrogen and oxygen atoms in total. The summed E-state index contributed by atoms with van der Waals surface area (Å²) in [5.74, 6) is 0.236. The lowest BCUT2D eigenvalue weighted by Crippen LogP contribution is -2.33. The van der Waals surface area contributed by atoms with Crippen LogP contribution >= 0.6 is 0 Å². The van der Waals surface area contributed by atoms with Crippen molar-refractivity contribution in [3.05, 3.63) is 65.9 Å². The van der Waals surface area contributed by atoms with Gasteiger partial charge in [0, 0.05) is 30.7 Å². The maximum atomic E-state index is 12.2. The molecule has 1 aliphatic heterocycles. The van der Waals surface area contributed by atoms with Crippen LogP contribution in [-0.2, 0) is 6.42 Å². The number of anilines is 1. The topological polar surface area (TPSA) is 45.5 Å². The molecule has 4 heteroatoms. The molecular formula is C21H22N2O2. The van der Waals surface area contributed by atoms with Crippen LogP contribution in [0.2, 0.25) is 0 Å². The van der Waals surface area contributed by atoms with Crippen molar-refractivity contribution >= 4 is 22.6 Å². The Kier molecular flexibility index (Phi) is 4.42. The Bertz CT molecular complexity index is 851. The van der Waals surface area contributed by atoms with Gasteiger partial charge in [0.15, 0.2) is 5.76 Å². The van der Waals surface area contributed by atoms with Gasteiger partial charge in [0.1, 0.15) is 5.58 Å². The highest BCUT2D eigenvalue weighted by Gasteiger charge is 2.16. The van der Waals surface area contributed by atoms with Gasteiger partial charge in [-0.05, 0) is 43.0 Å². The molecule has 0 bridgehead atoms. The Morgan fingerprint density at radius 2 is 1.96 bits per heavy atom. The van der Waals surface area contributed by atoms with E-state index in [1.165, 1.54) is 17.7 Å². The van der Waals surface area contributed by atoms with Gasteiger partial charge in [-0.25, -0.2) is 0 Å². The van der Waals surface area contributed by atoms with E-state index in [0.717, 1.165) is 36.9 Å². The Labute approximate surface area is 147 Å².